The van der Waals surface area contributed by atoms with Gasteiger partial charge in [-0.1, -0.05) is 25.0 Å². The van der Waals surface area contributed by atoms with E-state index in [-0.39, 0.29) is 23.8 Å². The number of primary amides is 1. The Morgan fingerprint density at radius 2 is 1.88 bits per heavy atom. The first-order valence-corrected chi connectivity index (χ1v) is 12.0. The number of hydrogen-bond donors (Lipinski definition) is 3. The van der Waals surface area contributed by atoms with E-state index in [4.69, 9.17) is 15.3 Å². The maximum atomic E-state index is 12.4. The number of likely N-dealkylation sites (tertiary alicyclic amines) is 1. The molecule has 2 atom stereocenters. The highest BCUT2D eigenvalue weighted by molar-refractivity contribution is 5.83. The Bertz CT molecular complexity index is 815. The lowest BCUT2D eigenvalue weighted by Crippen LogP contribution is -2.54. The van der Waals surface area contributed by atoms with Crippen molar-refractivity contribution in [2.75, 3.05) is 19.8 Å². The van der Waals surface area contributed by atoms with E-state index in [1.165, 1.54) is 0 Å². The Balaban J connectivity index is 0.000000310. The zero-order valence-corrected chi connectivity index (χ0v) is 21.5. The lowest BCUT2D eigenvalue weighted by Gasteiger charge is -2.39. The molecule has 2 heterocycles. The highest BCUT2D eigenvalue weighted by Crippen LogP contribution is 2.34. The highest BCUT2D eigenvalue weighted by Gasteiger charge is 2.41. The number of nitrogens with two attached hydrogens (primary N) is 2. The fourth-order valence-electron chi connectivity index (χ4n) is 4.24. The van der Waals surface area contributed by atoms with Crippen LogP contribution >= 0.6 is 0 Å². The van der Waals surface area contributed by atoms with Gasteiger partial charge < -0.3 is 26.2 Å². The topological polar surface area (TPSA) is 119 Å². The molecule has 190 valence electrons. The van der Waals surface area contributed by atoms with Crippen LogP contribution in [0.2, 0.25) is 0 Å². The third kappa shape index (κ3) is 9.84. The van der Waals surface area contributed by atoms with Gasteiger partial charge >= 0.3 is 0 Å². The largest absolute Gasteiger partial charge is 0.390 e. The Labute approximate surface area is 205 Å². The van der Waals surface area contributed by atoms with Crippen molar-refractivity contribution in [2.45, 2.75) is 84.4 Å². The minimum atomic E-state index is -0.641. The van der Waals surface area contributed by atoms with Crippen molar-refractivity contribution in [1.29, 1.82) is 0 Å². The Hall–Kier alpha value is -2.40. The molecule has 0 radical (unpaired) electrons. The lowest BCUT2D eigenvalue weighted by molar-refractivity contribution is -0.137. The number of carbonyl (C=O) groups excluding carboxylic acids is 2. The van der Waals surface area contributed by atoms with Gasteiger partial charge in [0.2, 0.25) is 12.3 Å². The van der Waals surface area contributed by atoms with E-state index in [1.54, 1.807) is 0 Å². The van der Waals surface area contributed by atoms with E-state index >= 15 is 0 Å². The fraction of sp³-hybridized carbons (Fsp3) is 0.630. The first kappa shape index (κ1) is 29.6. The summed E-state index contributed by atoms with van der Waals surface area (Å²) < 4.78 is 5.36. The monoisotopic (exact) mass is 473 g/mol. The molecule has 2 aliphatic rings. The van der Waals surface area contributed by atoms with Crippen LogP contribution < -0.4 is 11.5 Å². The van der Waals surface area contributed by atoms with Crippen molar-refractivity contribution in [3.8, 4) is 11.8 Å². The predicted octanol–water partition coefficient (Wildman–Crippen LogP) is 2.61. The molecule has 0 bridgehead atoms. The van der Waals surface area contributed by atoms with Crippen LogP contribution in [0.15, 0.2) is 24.3 Å². The zero-order valence-electron chi connectivity index (χ0n) is 21.5. The summed E-state index contributed by atoms with van der Waals surface area (Å²) in [7, 11) is 0. The van der Waals surface area contributed by atoms with Crippen LogP contribution in [0.1, 0.15) is 71.4 Å². The fourth-order valence-corrected chi connectivity index (χ4v) is 4.24. The molecule has 5 N–H and O–H groups in total. The van der Waals surface area contributed by atoms with E-state index < -0.39 is 5.60 Å². The van der Waals surface area contributed by atoms with E-state index in [0.29, 0.717) is 12.5 Å². The maximum Gasteiger partial charge on any atom is 0.240 e. The number of carbonyl (C=O) groups is 2. The van der Waals surface area contributed by atoms with Gasteiger partial charge in [0.05, 0.1) is 11.6 Å². The molecule has 0 aromatic heterocycles. The van der Waals surface area contributed by atoms with Gasteiger partial charge in [-0.2, -0.15) is 0 Å². The number of hydrogen-bond acceptors (Lipinski definition) is 5. The van der Waals surface area contributed by atoms with Crippen molar-refractivity contribution in [3.63, 3.8) is 0 Å². The second-order valence-electron chi connectivity index (χ2n) is 9.96. The third-order valence-electron chi connectivity index (χ3n) is 6.35. The van der Waals surface area contributed by atoms with E-state index in [0.717, 1.165) is 56.6 Å². The molecule has 2 fully saturated rings. The molecule has 34 heavy (non-hydrogen) atoms. The molecule has 7 heteroatoms. The van der Waals surface area contributed by atoms with Gasteiger partial charge in [0.25, 0.3) is 0 Å². The molecular weight excluding hydrogens is 430 g/mol. The molecule has 0 saturated carbocycles. The summed E-state index contributed by atoms with van der Waals surface area (Å²) in [6.45, 7) is 12.0. The second kappa shape index (κ2) is 14.1. The van der Waals surface area contributed by atoms with Crippen LogP contribution in [0, 0.1) is 17.3 Å². The predicted molar refractivity (Wildman–Crippen MR) is 136 cm³/mol. The van der Waals surface area contributed by atoms with E-state index in [9.17, 15) is 9.90 Å². The number of rotatable bonds is 4. The van der Waals surface area contributed by atoms with Gasteiger partial charge in [-0.15, -0.1) is 5.92 Å². The zero-order chi connectivity index (χ0) is 25.8. The molecule has 1 aromatic carbocycles. The average Bonchev–Trinajstić information content (AvgIpc) is 3.21. The van der Waals surface area contributed by atoms with Gasteiger partial charge in [-0.3, -0.25) is 9.59 Å². The molecule has 1 aromatic rings. The minimum Gasteiger partial charge on any atom is -0.390 e. The Morgan fingerprint density at radius 1 is 1.32 bits per heavy atom. The molecule has 2 aliphatic heterocycles. The smallest absolute Gasteiger partial charge is 0.240 e. The number of nitrogens with zero attached hydrogens (tertiary/aromatic N) is 1. The van der Waals surface area contributed by atoms with Gasteiger partial charge in [-0.25, -0.2) is 0 Å². The standard InChI is InChI=1S/C13H24N2O2.C13H16O.CH3NO/c1-10-4-3-7-15(10)12(16)11(14)13(2)5-8-17-9-6-13;1-4-5-11-6-8-12(9-7-11)10-13(2,3)14;2-1-3/h10-11H,3-9,14H2,1-2H3;6-9,14H,10H2,1-3H3;1H,(H2,2,3). The van der Waals surface area contributed by atoms with Crippen LogP contribution in [0.5, 0.6) is 0 Å². The SMILES string of the molecule is CC#Cc1ccc(CC(C)(C)O)cc1.CC1CCCN1C(=O)C(N)C1(C)CCOCC1.NC=O. The Kier molecular flexibility index (Phi) is 12.3. The lowest BCUT2D eigenvalue weighted by atomic mass is 9.75. The second-order valence-corrected chi connectivity index (χ2v) is 9.96. The number of amides is 2. The van der Waals surface area contributed by atoms with Crippen molar-refractivity contribution < 1.29 is 19.4 Å². The van der Waals surface area contributed by atoms with Crippen LogP contribution in [-0.4, -0.2) is 59.8 Å². The van der Waals surface area contributed by atoms with Crippen molar-refractivity contribution >= 4 is 12.3 Å². The van der Waals surface area contributed by atoms with E-state index in [1.807, 2.05) is 49.9 Å². The molecule has 7 nitrogen and oxygen atoms in total. The van der Waals surface area contributed by atoms with Crippen LogP contribution in [0.4, 0.5) is 0 Å². The number of ether oxygens (including phenoxy) is 1. The molecule has 2 saturated heterocycles. The molecule has 3 rings (SSSR count). The van der Waals surface area contributed by atoms with E-state index in [2.05, 4.69) is 31.4 Å². The molecule has 0 aliphatic carbocycles. The summed E-state index contributed by atoms with van der Waals surface area (Å²) in [6.07, 6.45) is 4.93. The quantitative estimate of drug-likeness (QED) is 0.459. The normalized spacial score (nSPS) is 19.9. The number of aliphatic hydroxyl groups is 1. The first-order chi connectivity index (χ1) is 16.0. The van der Waals surface area contributed by atoms with Gasteiger partial charge in [0.1, 0.15) is 0 Å². The summed E-state index contributed by atoms with van der Waals surface area (Å²) in [5, 5.41) is 9.62. The van der Waals surface area contributed by atoms with Crippen LogP contribution in [-0.2, 0) is 20.7 Å². The third-order valence-corrected chi connectivity index (χ3v) is 6.35. The summed E-state index contributed by atoms with van der Waals surface area (Å²) in [5.41, 5.74) is 11.8. The molecule has 2 amide bonds. The molecular formula is C27H43N3O4. The Morgan fingerprint density at radius 3 is 2.32 bits per heavy atom. The first-order valence-electron chi connectivity index (χ1n) is 12.0. The van der Waals surface area contributed by atoms with Gasteiger partial charge in [-0.05, 0) is 76.5 Å². The minimum absolute atomic E-state index is 0.0857. The maximum absolute atomic E-state index is 12.4. The highest BCUT2D eigenvalue weighted by atomic mass is 16.5. The average molecular weight is 474 g/mol. The van der Waals surface area contributed by atoms with Gasteiger partial charge in [0, 0.05) is 37.8 Å². The van der Waals surface area contributed by atoms with Crippen LogP contribution in [0.25, 0.3) is 0 Å². The van der Waals surface area contributed by atoms with Crippen LogP contribution in [0.3, 0.4) is 0 Å². The van der Waals surface area contributed by atoms with Crippen molar-refractivity contribution in [1.82, 2.24) is 4.90 Å². The molecule has 2 unspecified atom stereocenters. The van der Waals surface area contributed by atoms with Gasteiger partial charge in [0.15, 0.2) is 0 Å². The van der Waals surface area contributed by atoms with Crippen molar-refractivity contribution in [2.24, 2.45) is 16.9 Å². The summed E-state index contributed by atoms with van der Waals surface area (Å²) in [4.78, 5) is 23.0. The number of benzene rings is 1. The summed E-state index contributed by atoms with van der Waals surface area (Å²) >= 11 is 0. The van der Waals surface area contributed by atoms with Crippen molar-refractivity contribution in [3.05, 3.63) is 35.4 Å². The molecule has 0 spiro atoms. The summed E-state index contributed by atoms with van der Waals surface area (Å²) in [6, 6.07) is 7.98. The summed E-state index contributed by atoms with van der Waals surface area (Å²) in [5.74, 6) is 5.98.